The number of halogens is 9. The van der Waals surface area contributed by atoms with Crippen molar-refractivity contribution in [2.24, 2.45) is 0 Å². The summed E-state index contributed by atoms with van der Waals surface area (Å²) in [4.78, 5) is 38.7. The minimum absolute atomic E-state index is 0.349. The lowest BCUT2D eigenvalue weighted by molar-refractivity contribution is -0.193. The third-order valence-electron chi connectivity index (χ3n) is 6.12. The minimum atomic E-state index is -5.08. The number of nitrogens with one attached hydrogen (secondary N) is 1. The fourth-order valence-corrected chi connectivity index (χ4v) is 4.78. The molecule has 0 spiro atoms. The van der Waals surface area contributed by atoms with Crippen molar-refractivity contribution in [2.45, 2.75) is 36.6 Å². The summed E-state index contributed by atoms with van der Waals surface area (Å²) < 4.78 is 107. The number of carboxylic acid groups (broad SMARTS) is 3. The van der Waals surface area contributed by atoms with E-state index in [-0.39, 0.29) is 6.10 Å². The minimum Gasteiger partial charge on any atom is -0.485 e. The molecule has 1 unspecified atom stereocenters. The van der Waals surface area contributed by atoms with Crippen LogP contribution in [0, 0.1) is 6.92 Å². The number of hydrogen-bond acceptors (Lipinski definition) is 10. The number of carboxylic acids is 3. The third kappa shape index (κ3) is 14.0. The lowest BCUT2D eigenvalue weighted by Gasteiger charge is -2.25. The number of thioether (sulfide) groups is 1. The Morgan fingerprint density at radius 3 is 1.87 bits per heavy atom. The lowest BCUT2D eigenvalue weighted by atomic mass is 10.0. The van der Waals surface area contributed by atoms with Crippen LogP contribution in [0.4, 0.5) is 39.5 Å². The second-order valence-electron chi connectivity index (χ2n) is 10.5. The molecule has 23 heteroatoms. The van der Waals surface area contributed by atoms with Crippen LogP contribution in [0.3, 0.4) is 0 Å². The molecular weight excluding hydrogens is 761 g/mol. The zero-order valence-electron chi connectivity index (χ0n) is 27.3. The molecule has 5 rings (SSSR count). The Labute approximate surface area is 296 Å². The van der Waals surface area contributed by atoms with E-state index in [0.29, 0.717) is 12.4 Å². The van der Waals surface area contributed by atoms with E-state index in [4.69, 9.17) is 49.1 Å². The monoisotopic (exact) mass is 789 g/mol. The van der Waals surface area contributed by atoms with Gasteiger partial charge in [0.15, 0.2) is 23.4 Å². The Balaban J connectivity index is 0.000000379. The first-order chi connectivity index (χ1) is 24.4. The van der Waals surface area contributed by atoms with Crippen LogP contribution in [0.15, 0.2) is 53.7 Å². The van der Waals surface area contributed by atoms with Gasteiger partial charge in [-0.1, -0.05) is 18.2 Å². The predicted molar refractivity (Wildman–Crippen MR) is 168 cm³/mol. The van der Waals surface area contributed by atoms with Gasteiger partial charge in [-0.05, 0) is 50.8 Å². The number of aliphatic carboxylic acids is 3. The molecule has 2 aromatic carbocycles. The predicted octanol–water partition coefficient (Wildman–Crippen LogP) is 6.39. The van der Waals surface area contributed by atoms with Gasteiger partial charge in [0.25, 0.3) is 0 Å². The number of alkyl halides is 9. The van der Waals surface area contributed by atoms with E-state index in [9.17, 15) is 39.5 Å². The standard InChI is InChI=1S/C24H25N5O2S.3C2HF3O2/c1-15-18(13-25-28-15)16-8-9-19-17(12-16)24(32-11-10-29(2)3)27-23(26-19)22-14-30-20-6-4-5-7-21(20)31-22;3*3-2(4,5)1(6)7/h4-9,12-13,22H,10-11,14H2,1-3H3,(H,25,28);3*(H,6,7). The Kier molecular flexibility index (Phi) is 15.3. The van der Waals surface area contributed by atoms with Gasteiger partial charge in [0, 0.05) is 28.9 Å². The van der Waals surface area contributed by atoms with Crippen LogP contribution < -0.4 is 9.47 Å². The zero-order valence-corrected chi connectivity index (χ0v) is 28.1. The highest BCUT2D eigenvalue weighted by molar-refractivity contribution is 7.99. The number of para-hydroxylation sites is 2. The first kappa shape index (κ1) is 43.8. The van der Waals surface area contributed by atoms with Gasteiger partial charge >= 0.3 is 36.4 Å². The van der Waals surface area contributed by atoms with Crippen LogP contribution in [-0.2, 0) is 14.4 Å². The zero-order chi connectivity index (χ0) is 40.3. The maximum absolute atomic E-state index is 10.6. The Bertz CT molecular complexity index is 1810. The van der Waals surface area contributed by atoms with E-state index in [1.807, 2.05) is 37.4 Å². The number of ether oxygens (including phenoxy) is 2. The molecule has 4 N–H and O–H groups in total. The molecule has 290 valence electrons. The van der Waals surface area contributed by atoms with E-state index in [1.165, 1.54) is 0 Å². The maximum Gasteiger partial charge on any atom is 0.490 e. The summed E-state index contributed by atoms with van der Waals surface area (Å²) in [7, 11) is 4.16. The fourth-order valence-electron chi connectivity index (χ4n) is 3.65. The van der Waals surface area contributed by atoms with Crippen molar-refractivity contribution < 1.29 is 78.7 Å². The van der Waals surface area contributed by atoms with E-state index in [1.54, 1.807) is 11.8 Å². The van der Waals surface area contributed by atoms with Gasteiger partial charge in [-0.15, -0.1) is 11.8 Å². The molecule has 1 aliphatic heterocycles. The third-order valence-corrected chi connectivity index (χ3v) is 7.09. The summed E-state index contributed by atoms with van der Waals surface area (Å²) in [6.07, 6.45) is -13.7. The molecule has 0 fully saturated rings. The summed E-state index contributed by atoms with van der Waals surface area (Å²) in [5, 5.41) is 30.5. The highest BCUT2D eigenvalue weighted by Gasteiger charge is 2.39. The summed E-state index contributed by atoms with van der Waals surface area (Å²) in [5.74, 6) is -5.22. The Morgan fingerprint density at radius 1 is 0.868 bits per heavy atom. The van der Waals surface area contributed by atoms with Crippen molar-refractivity contribution in [3.8, 4) is 22.6 Å². The van der Waals surface area contributed by atoms with Crippen molar-refractivity contribution >= 4 is 40.6 Å². The first-order valence-corrected chi connectivity index (χ1v) is 15.3. The molecule has 0 aliphatic carbocycles. The number of aromatic amines is 1. The number of carbonyl (C=O) groups is 3. The van der Waals surface area contributed by atoms with Crippen molar-refractivity contribution in [2.75, 3.05) is 33.0 Å². The fraction of sp³-hybridized carbons (Fsp3) is 0.333. The molecule has 0 radical (unpaired) electrons. The smallest absolute Gasteiger partial charge is 0.485 e. The number of benzene rings is 2. The highest BCUT2D eigenvalue weighted by atomic mass is 32.2. The van der Waals surface area contributed by atoms with Gasteiger partial charge in [0.2, 0.25) is 0 Å². The van der Waals surface area contributed by atoms with Gasteiger partial charge in [-0.25, -0.2) is 24.4 Å². The van der Waals surface area contributed by atoms with Gasteiger partial charge in [-0.2, -0.15) is 44.6 Å². The summed E-state index contributed by atoms with van der Waals surface area (Å²) in [5.41, 5.74) is 4.12. The molecule has 4 aromatic rings. The molecule has 0 amide bonds. The first-order valence-electron chi connectivity index (χ1n) is 14.3. The molecule has 53 heavy (non-hydrogen) atoms. The van der Waals surface area contributed by atoms with Crippen LogP contribution in [-0.4, -0.2) is 110 Å². The summed E-state index contributed by atoms with van der Waals surface area (Å²) >= 11 is 1.74. The molecular formula is C30H28F9N5O8S. The second kappa shape index (κ2) is 18.4. The van der Waals surface area contributed by atoms with E-state index < -0.39 is 36.4 Å². The van der Waals surface area contributed by atoms with Gasteiger partial charge in [-0.3, -0.25) is 5.10 Å². The second-order valence-corrected chi connectivity index (χ2v) is 11.5. The van der Waals surface area contributed by atoms with Crippen LogP contribution in [0.2, 0.25) is 0 Å². The molecule has 13 nitrogen and oxygen atoms in total. The number of hydrogen-bond donors (Lipinski definition) is 4. The average molecular weight is 790 g/mol. The maximum atomic E-state index is 10.6. The average Bonchev–Trinajstić information content (AvgIpc) is 3.49. The van der Waals surface area contributed by atoms with Crippen LogP contribution in [0.1, 0.15) is 17.6 Å². The molecule has 0 saturated heterocycles. The quantitative estimate of drug-likeness (QED) is 0.0957. The van der Waals surface area contributed by atoms with Gasteiger partial charge < -0.3 is 29.7 Å². The lowest BCUT2D eigenvalue weighted by Crippen LogP contribution is -2.23. The van der Waals surface area contributed by atoms with Crippen molar-refractivity contribution in [3.05, 3.63) is 60.2 Å². The normalized spacial score (nSPS) is 13.8. The van der Waals surface area contributed by atoms with Crippen LogP contribution in [0.25, 0.3) is 22.0 Å². The van der Waals surface area contributed by atoms with Crippen LogP contribution >= 0.6 is 11.8 Å². The summed E-state index contributed by atoms with van der Waals surface area (Å²) in [6.45, 7) is 3.37. The molecule has 3 heterocycles. The Hall–Kier alpha value is -5.32. The number of fused-ring (bicyclic) bond motifs is 2. The Morgan fingerprint density at radius 2 is 1.40 bits per heavy atom. The van der Waals surface area contributed by atoms with Gasteiger partial charge in [0.1, 0.15) is 11.6 Å². The van der Waals surface area contributed by atoms with E-state index in [2.05, 4.69) is 47.4 Å². The molecule has 1 atom stereocenters. The number of rotatable bonds is 6. The van der Waals surface area contributed by atoms with Crippen molar-refractivity contribution in [1.82, 2.24) is 25.1 Å². The molecule has 0 bridgehead atoms. The van der Waals surface area contributed by atoms with E-state index in [0.717, 1.165) is 56.5 Å². The van der Waals surface area contributed by atoms with Crippen molar-refractivity contribution in [1.29, 1.82) is 0 Å². The SMILES string of the molecule is Cc1[nH]ncc1-c1ccc2nc(C3COc4ccccc4O3)nc(SCCN(C)C)c2c1.O=C(O)C(F)(F)F.O=C(O)C(F)(F)F.O=C(O)C(F)(F)F. The van der Waals surface area contributed by atoms with Crippen molar-refractivity contribution in [3.63, 3.8) is 0 Å². The largest absolute Gasteiger partial charge is 0.490 e. The summed E-state index contributed by atoms with van der Waals surface area (Å²) in [6, 6.07) is 14.0. The number of aromatic nitrogens is 4. The highest BCUT2D eigenvalue weighted by Crippen LogP contribution is 2.37. The van der Waals surface area contributed by atoms with E-state index >= 15 is 0 Å². The number of aryl methyl sites for hydroxylation is 1. The molecule has 1 aliphatic rings. The molecule has 2 aromatic heterocycles. The van der Waals surface area contributed by atoms with Crippen LogP contribution in [0.5, 0.6) is 11.5 Å². The van der Waals surface area contributed by atoms with Gasteiger partial charge in [0.05, 0.1) is 11.7 Å². The number of H-pyrrole nitrogens is 1. The topological polar surface area (TPSA) is 188 Å². The molecule has 0 saturated carbocycles. The number of nitrogens with zero attached hydrogens (tertiary/aromatic N) is 4.